The topological polar surface area (TPSA) is 39.5 Å². The summed E-state index contributed by atoms with van der Waals surface area (Å²) in [6, 6.07) is 6.75. The van der Waals surface area contributed by atoms with Crippen LogP contribution in [0.15, 0.2) is 24.4 Å². The Labute approximate surface area is 175 Å². The van der Waals surface area contributed by atoms with E-state index in [4.69, 9.17) is 14.4 Å². The summed E-state index contributed by atoms with van der Waals surface area (Å²) in [7, 11) is 1.90. The molecular weight excluding hydrogens is 361 g/mol. The number of aromatic nitrogens is 2. The summed E-state index contributed by atoms with van der Waals surface area (Å²) in [5.74, 6) is 0. The lowest BCUT2D eigenvalue weighted by Gasteiger charge is -2.53. The minimum Gasteiger partial charge on any atom is -0.399 e. The Morgan fingerprint density at radius 2 is 1.48 bits per heavy atom. The van der Waals surface area contributed by atoms with Crippen molar-refractivity contribution in [3.05, 3.63) is 24.4 Å². The van der Waals surface area contributed by atoms with Crippen molar-refractivity contribution in [3.8, 4) is 0 Å². The number of piperidine rings is 1. The van der Waals surface area contributed by atoms with Gasteiger partial charge in [0.1, 0.15) is 0 Å². The van der Waals surface area contributed by atoms with Gasteiger partial charge in [0.05, 0.1) is 22.8 Å². The molecule has 1 aromatic heterocycles. The summed E-state index contributed by atoms with van der Waals surface area (Å²) in [5.41, 5.74) is 1.70. The number of benzene rings is 1. The lowest BCUT2D eigenvalue weighted by atomic mass is 9.77. The number of hydrogen-bond acceptors (Lipinski definition) is 4. The molecule has 2 saturated heterocycles. The highest BCUT2D eigenvalue weighted by Crippen LogP contribution is 2.42. The molecule has 2 aliphatic heterocycles. The standard InChI is InChI=1S/C23H36BN3O2/c1-20(2)13-18(14-21(3,4)26(20)9)27-15-16-12-17(10-11-19(16)25-27)24-28-22(5,6)23(7,8)29-24/h10-12,15,18H,13-14H2,1-9H3. The minimum absolute atomic E-state index is 0.137. The molecule has 6 heteroatoms. The molecule has 0 unspecified atom stereocenters. The van der Waals surface area contributed by atoms with E-state index in [9.17, 15) is 0 Å². The van der Waals surface area contributed by atoms with E-state index in [-0.39, 0.29) is 29.4 Å². The van der Waals surface area contributed by atoms with E-state index in [2.05, 4.69) is 96.4 Å². The van der Waals surface area contributed by atoms with Crippen molar-refractivity contribution in [2.75, 3.05) is 7.05 Å². The Bertz CT molecular complexity index is 897. The van der Waals surface area contributed by atoms with E-state index < -0.39 is 0 Å². The first-order valence-electron chi connectivity index (χ1n) is 10.8. The van der Waals surface area contributed by atoms with Gasteiger partial charge in [-0.05, 0) is 86.8 Å². The van der Waals surface area contributed by atoms with Crippen LogP contribution in [-0.4, -0.2) is 51.1 Å². The first kappa shape index (κ1) is 20.9. The average Bonchev–Trinajstić information content (AvgIpc) is 3.09. The zero-order valence-corrected chi connectivity index (χ0v) is 19.5. The number of nitrogens with zero attached hydrogens (tertiary/aromatic N) is 3. The summed E-state index contributed by atoms with van der Waals surface area (Å²) < 4.78 is 14.7. The van der Waals surface area contributed by atoms with Gasteiger partial charge in [-0.1, -0.05) is 12.1 Å². The molecule has 0 amide bonds. The van der Waals surface area contributed by atoms with Crippen molar-refractivity contribution in [1.82, 2.24) is 14.7 Å². The first-order valence-corrected chi connectivity index (χ1v) is 10.8. The molecule has 2 aliphatic rings. The zero-order valence-electron chi connectivity index (χ0n) is 19.5. The molecule has 0 N–H and O–H groups in total. The third-order valence-electron chi connectivity index (χ3n) is 7.73. The molecule has 5 nitrogen and oxygen atoms in total. The van der Waals surface area contributed by atoms with Crippen molar-refractivity contribution in [2.24, 2.45) is 0 Å². The summed E-state index contributed by atoms with van der Waals surface area (Å²) in [4.78, 5) is 2.51. The number of hydrogen-bond donors (Lipinski definition) is 0. The minimum atomic E-state index is -0.339. The second-order valence-electron chi connectivity index (χ2n) is 11.3. The van der Waals surface area contributed by atoms with E-state index >= 15 is 0 Å². The fourth-order valence-electron chi connectivity index (χ4n) is 4.88. The highest BCUT2D eigenvalue weighted by molar-refractivity contribution is 6.62. The molecular formula is C23H36BN3O2. The molecule has 0 spiro atoms. The van der Waals surface area contributed by atoms with Gasteiger partial charge in [0.2, 0.25) is 0 Å². The SMILES string of the molecule is CN1C(C)(C)CC(n2cc3cc(B4OC(C)(C)C(C)(C)O4)ccc3n2)CC1(C)C. The van der Waals surface area contributed by atoms with Crippen LogP contribution in [0.1, 0.15) is 74.3 Å². The molecule has 2 aromatic rings. The fourth-order valence-corrected chi connectivity index (χ4v) is 4.88. The van der Waals surface area contributed by atoms with Crippen molar-refractivity contribution in [2.45, 2.75) is 96.6 Å². The van der Waals surface area contributed by atoms with Gasteiger partial charge in [0.15, 0.2) is 0 Å². The van der Waals surface area contributed by atoms with E-state index in [0.717, 1.165) is 29.2 Å². The Balaban J connectivity index is 1.63. The molecule has 3 heterocycles. The van der Waals surface area contributed by atoms with Crippen LogP contribution in [0.2, 0.25) is 0 Å². The van der Waals surface area contributed by atoms with Crippen LogP contribution in [-0.2, 0) is 9.31 Å². The number of fused-ring (bicyclic) bond motifs is 1. The predicted octanol–water partition coefficient (Wildman–Crippen LogP) is 4.16. The normalized spacial score (nSPS) is 26.3. The van der Waals surface area contributed by atoms with Crippen LogP contribution in [0.5, 0.6) is 0 Å². The molecule has 158 valence electrons. The van der Waals surface area contributed by atoms with Crippen molar-refractivity contribution < 1.29 is 9.31 Å². The lowest BCUT2D eigenvalue weighted by molar-refractivity contribution is -0.0284. The third-order valence-corrected chi connectivity index (χ3v) is 7.73. The fraction of sp³-hybridized carbons (Fsp3) is 0.696. The molecule has 0 saturated carbocycles. The van der Waals surface area contributed by atoms with Crippen molar-refractivity contribution >= 4 is 23.5 Å². The smallest absolute Gasteiger partial charge is 0.399 e. The van der Waals surface area contributed by atoms with Gasteiger partial charge in [-0.15, -0.1) is 0 Å². The zero-order chi connectivity index (χ0) is 21.4. The Morgan fingerprint density at radius 3 is 2.03 bits per heavy atom. The van der Waals surface area contributed by atoms with Crippen LogP contribution < -0.4 is 5.46 Å². The van der Waals surface area contributed by atoms with Crippen LogP contribution in [0, 0.1) is 0 Å². The van der Waals surface area contributed by atoms with E-state index in [0.29, 0.717) is 6.04 Å². The molecule has 0 atom stereocenters. The lowest BCUT2D eigenvalue weighted by Crippen LogP contribution is -2.58. The van der Waals surface area contributed by atoms with E-state index in [1.807, 2.05) is 0 Å². The van der Waals surface area contributed by atoms with Crippen LogP contribution in [0.4, 0.5) is 0 Å². The summed E-state index contributed by atoms with van der Waals surface area (Å²) in [6.45, 7) is 17.7. The van der Waals surface area contributed by atoms with Gasteiger partial charge in [0, 0.05) is 22.7 Å². The van der Waals surface area contributed by atoms with Crippen molar-refractivity contribution in [3.63, 3.8) is 0 Å². The monoisotopic (exact) mass is 397 g/mol. The maximum atomic E-state index is 6.23. The van der Waals surface area contributed by atoms with Gasteiger partial charge in [-0.2, -0.15) is 5.10 Å². The Hall–Kier alpha value is -1.37. The highest BCUT2D eigenvalue weighted by Gasteiger charge is 2.51. The van der Waals surface area contributed by atoms with Crippen LogP contribution in [0.3, 0.4) is 0 Å². The van der Waals surface area contributed by atoms with Gasteiger partial charge >= 0.3 is 7.12 Å². The molecule has 29 heavy (non-hydrogen) atoms. The predicted molar refractivity (Wildman–Crippen MR) is 120 cm³/mol. The molecule has 4 rings (SSSR count). The van der Waals surface area contributed by atoms with Gasteiger partial charge in [0.25, 0.3) is 0 Å². The quantitative estimate of drug-likeness (QED) is 0.714. The molecule has 0 radical (unpaired) electrons. The Kier molecular flexibility index (Phi) is 4.55. The summed E-state index contributed by atoms with van der Waals surface area (Å²) >= 11 is 0. The van der Waals surface area contributed by atoms with E-state index in [1.54, 1.807) is 0 Å². The second kappa shape index (κ2) is 6.32. The summed E-state index contributed by atoms with van der Waals surface area (Å²) in [6.07, 6.45) is 4.38. The molecule has 2 fully saturated rings. The highest BCUT2D eigenvalue weighted by atomic mass is 16.7. The van der Waals surface area contributed by atoms with Gasteiger partial charge in [-0.3, -0.25) is 9.58 Å². The first-order chi connectivity index (χ1) is 13.2. The number of likely N-dealkylation sites (tertiary alicyclic amines) is 1. The van der Waals surface area contributed by atoms with Crippen LogP contribution >= 0.6 is 0 Å². The van der Waals surface area contributed by atoms with E-state index in [1.165, 1.54) is 0 Å². The van der Waals surface area contributed by atoms with Crippen molar-refractivity contribution in [1.29, 1.82) is 0 Å². The second-order valence-corrected chi connectivity index (χ2v) is 11.3. The average molecular weight is 397 g/mol. The number of rotatable bonds is 2. The van der Waals surface area contributed by atoms with Gasteiger partial charge < -0.3 is 9.31 Å². The maximum absolute atomic E-state index is 6.23. The maximum Gasteiger partial charge on any atom is 0.494 e. The molecule has 0 aliphatic carbocycles. The van der Waals surface area contributed by atoms with Crippen LogP contribution in [0.25, 0.3) is 10.9 Å². The van der Waals surface area contributed by atoms with Gasteiger partial charge in [-0.25, -0.2) is 0 Å². The third kappa shape index (κ3) is 3.43. The largest absolute Gasteiger partial charge is 0.494 e. The Morgan fingerprint density at radius 1 is 0.931 bits per heavy atom. The summed E-state index contributed by atoms with van der Waals surface area (Å²) in [5, 5.41) is 6.08. The molecule has 1 aromatic carbocycles. The molecule has 0 bridgehead atoms.